The number of pyridine rings is 1. The minimum absolute atomic E-state index is 0.648. The largest absolute Gasteiger partial charge is 0.328 e. The molecule has 1 saturated carbocycles. The van der Waals surface area contributed by atoms with Gasteiger partial charge in [-0.3, -0.25) is 0 Å². The Labute approximate surface area is 151 Å². The number of hydrogen-bond acceptors (Lipinski definition) is 3. The Bertz CT molecular complexity index is 855. The highest BCUT2D eigenvalue weighted by molar-refractivity contribution is 7.99. The van der Waals surface area contributed by atoms with E-state index in [1.807, 2.05) is 30.1 Å². The number of rotatable bonds is 4. The van der Waals surface area contributed by atoms with Crippen LogP contribution in [0.5, 0.6) is 0 Å². The Morgan fingerprint density at radius 2 is 1.88 bits per heavy atom. The van der Waals surface area contributed by atoms with E-state index in [0.717, 1.165) is 33.1 Å². The van der Waals surface area contributed by atoms with Crippen molar-refractivity contribution in [3.05, 3.63) is 59.5 Å². The Morgan fingerprint density at radius 1 is 1.12 bits per heavy atom. The molecule has 2 atom stereocenters. The summed E-state index contributed by atoms with van der Waals surface area (Å²) in [6.07, 6.45) is 4.84. The Kier molecular flexibility index (Phi) is 4.10. The molecule has 0 bridgehead atoms. The van der Waals surface area contributed by atoms with E-state index in [-0.39, 0.29) is 0 Å². The fourth-order valence-electron chi connectivity index (χ4n) is 2.93. The van der Waals surface area contributed by atoms with E-state index in [9.17, 15) is 0 Å². The molecule has 0 aliphatic heterocycles. The van der Waals surface area contributed by atoms with Crippen molar-refractivity contribution >= 4 is 23.4 Å². The van der Waals surface area contributed by atoms with Gasteiger partial charge in [0.2, 0.25) is 0 Å². The Hall–Kier alpha value is -1.78. The Morgan fingerprint density at radius 3 is 2.50 bits per heavy atom. The summed E-state index contributed by atoms with van der Waals surface area (Å²) in [6, 6.07) is 12.6. The average molecular weight is 356 g/mol. The molecular formula is C19H18ClN3S. The molecule has 122 valence electrons. The van der Waals surface area contributed by atoms with Gasteiger partial charge in [0.25, 0.3) is 0 Å². The number of aryl methyl sites for hydroxylation is 1. The van der Waals surface area contributed by atoms with E-state index in [1.54, 1.807) is 18.0 Å². The zero-order valence-electron chi connectivity index (χ0n) is 13.6. The van der Waals surface area contributed by atoms with Crippen LogP contribution in [0.2, 0.25) is 5.02 Å². The van der Waals surface area contributed by atoms with Crippen LogP contribution < -0.4 is 0 Å². The van der Waals surface area contributed by atoms with Crippen LogP contribution in [0, 0.1) is 5.92 Å². The lowest BCUT2D eigenvalue weighted by molar-refractivity contribution is 0.824. The van der Waals surface area contributed by atoms with Crippen molar-refractivity contribution in [1.29, 1.82) is 0 Å². The smallest absolute Gasteiger partial charge is 0.109 e. The second-order valence-electron chi connectivity index (χ2n) is 6.37. The van der Waals surface area contributed by atoms with Crippen LogP contribution in [0.4, 0.5) is 0 Å². The van der Waals surface area contributed by atoms with Crippen molar-refractivity contribution in [2.24, 2.45) is 13.0 Å². The van der Waals surface area contributed by atoms with E-state index in [1.165, 1.54) is 12.0 Å². The molecule has 2 aromatic heterocycles. The lowest BCUT2D eigenvalue weighted by atomic mass is 10.1. The van der Waals surface area contributed by atoms with Gasteiger partial charge in [-0.1, -0.05) is 42.8 Å². The van der Waals surface area contributed by atoms with Gasteiger partial charge in [-0.25, -0.2) is 9.97 Å². The molecule has 5 heteroatoms. The third-order valence-electron chi connectivity index (χ3n) is 4.51. The van der Waals surface area contributed by atoms with Crippen LogP contribution >= 0.6 is 23.4 Å². The maximum Gasteiger partial charge on any atom is 0.109 e. The molecule has 1 aromatic carbocycles. The molecule has 3 nitrogen and oxygen atoms in total. The summed E-state index contributed by atoms with van der Waals surface area (Å²) >= 11 is 7.52. The third-order valence-corrected chi connectivity index (χ3v) is 5.86. The lowest BCUT2D eigenvalue weighted by Gasteiger charge is -2.07. The van der Waals surface area contributed by atoms with Crippen LogP contribution in [0.25, 0.3) is 11.3 Å². The molecule has 0 saturated heterocycles. The number of imidazole rings is 1. The molecule has 4 rings (SSSR count). The van der Waals surface area contributed by atoms with Gasteiger partial charge in [0.15, 0.2) is 0 Å². The third kappa shape index (κ3) is 3.08. The van der Waals surface area contributed by atoms with Gasteiger partial charge in [-0.15, -0.1) is 0 Å². The van der Waals surface area contributed by atoms with E-state index >= 15 is 0 Å². The van der Waals surface area contributed by atoms with Gasteiger partial charge in [0, 0.05) is 18.8 Å². The normalized spacial score (nSPS) is 19.5. The van der Waals surface area contributed by atoms with Gasteiger partial charge < -0.3 is 4.57 Å². The standard InChI is InChI=1S/C19H18ClN3S/c1-12-9-16(12)13-3-5-14(6-4-13)18-19(23(2)11-22-18)24-17-8-7-15(20)10-21-17/h3-8,10-12,16H,9H2,1-2H3/t12?,16-/m0/s1. The highest BCUT2D eigenvalue weighted by Gasteiger charge is 2.33. The van der Waals surface area contributed by atoms with Gasteiger partial charge in [0.1, 0.15) is 15.7 Å². The first kappa shape index (κ1) is 15.7. The second-order valence-corrected chi connectivity index (χ2v) is 7.81. The van der Waals surface area contributed by atoms with Gasteiger partial charge >= 0.3 is 0 Å². The second kappa shape index (κ2) is 6.26. The summed E-state index contributed by atoms with van der Waals surface area (Å²) in [7, 11) is 2.01. The fourth-order valence-corrected chi connectivity index (χ4v) is 3.94. The summed E-state index contributed by atoms with van der Waals surface area (Å²) < 4.78 is 2.03. The van der Waals surface area contributed by atoms with Crippen molar-refractivity contribution in [2.75, 3.05) is 0 Å². The van der Waals surface area contributed by atoms with E-state index in [2.05, 4.69) is 41.2 Å². The van der Waals surface area contributed by atoms with Crippen LogP contribution in [0.1, 0.15) is 24.8 Å². The molecule has 0 N–H and O–H groups in total. The molecule has 0 spiro atoms. The topological polar surface area (TPSA) is 30.7 Å². The molecule has 2 heterocycles. The quantitative estimate of drug-likeness (QED) is 0.626. The average Bonchev–Trinajstić information content (AvgIpc) is 3.22. The molecule has 1 aliphatic rings. The molecule has 3 aromatic rings. The zero-order valence-corrected chi connectivity index (χ0v) is 15.2. The number of benzene rings is 1. The van der Waals surface area contributed by atoms with Crippen LogP contribution in [-0.4, -0.2) is 14.5 Å². The van der Waals surface area contributed by atoms with E-state index in [4.69, 9.17) is 11.6 Å². The summed E-state index contributed by atoms with van der Waals surface area (Å²) in [6.45, 7) is 2.31. The van der Waals surface area contributed by atoms with E-state index < -0.39 is 0 Å². The van der Waals surface area contributed by atoms with Gasteiger partial charge in [-0.05, 0) is 47.7 Å². The number of nitrogens with zero attached hydrogens (tertiary/aromatic N) is 3. The number of hydrogen-bond donors (Lipinski definition) is 0. The van der Waals surface area contributed by atoms with Crippen molar-refractivity contribution in [3.8, 4) is 11.3 Å². The van der Waals surface area contributed by atoms with Crippen LogP contribution in [-0.2, 0) is 7.05 Å². The summed E-state index contributed by atoms with van der Waals surface area (Å²) in [5.41, 5.74) is 3.58. The molecule has 1 unspecified atom stereocenters. The molecule has 0 amide bonds. The van der Waals surface area contributed by atoms with Crippen molar-refractivity contribution in [3.63, 3.8) is 0 Å². The molecule has 24 heavy (non-hydrogen) atoms. The summed E-state index contributed by atoms with van der Waals surface area (Å²) in [5.74, 6) is 1.57. The predicted molar refractivity (Wildman–Crippen MR) is 98.5 cm³/mol. The molecule has 1 fully saturated rings. The maximum absolute atomic E-state index is 5.92. The maximum atomic E-state index is 5.92. The van der Waals surface area contributed by atoms with Crippen LogP contribution in [0.15, 0.2) is 59.0 Å². The highest BCUT2D eigenvalue weighted by atomic mass is 35.5. The monoisotopic (exact) mass is 355 g/mol. The first-order chi connectivity index (χ1) is 11.6. The van der Waals surface area contributed by atoms with Crippen LogP contribution in [0.3, 0.4) is 0 Å². The Balaban J connectivity index is 1.62. The van der Waals surface area contributed by atoms with E-state index in [0.29, 0.717) is 5.02 Å². The zero-order chi connectivity index (χ0) is 16.7. The minimum atomic E-state index is 0.648. The first-order valence-electron chi connectivity index (χ1n) is 8.03. The summed E-state index contributed by atoms with van der Waals surface area (Å²) in [4.78, 5) is 8.97. The highest BCUT2D eigenvalue weighted by Crippen LogP contribution is 2.47. The number of aromatic nitrogens is 3. The van der Waals surface area contributed by atoms with Gasteiger partial charge in [-0.2, -0.15) is 0 Å². The van der Waals surface area contributed by atoms with Crippen molar-refractivity contribution in [1.82, 2.24) is 14.5 Å². The number of halogens is 1. The first-order valence-corrected chi connectivity index (χ1v) is 9.22. The molecule has 1 aliphatic carbocycles. The minimum Gasteiger partial charge on any atom is -0.328 e. The van der Waals surface area contributed by atoms with Crippen molar-refractivity contribution in [2.45, 2.75) is 29.3 Å². The lowest BCUT2D eigenvalue weighted by Crippen LogP contribution is -1.91. The molecule has 0 radical (unpaired) electrons. The SMILES string of the molecule is CC1C[C@@H]1c1ccc(-c2ncn(C)c2Sc2ccc(Cl)cn2)cc1. The van der Waals surface area contributed by atoms with Crippen molar-refractivity contribution < 1.29 is 0 Å². The fraction of sp³-hybridized carbons (Fsp3) is 0.263. The summed E-state index contributed by atoms with van der Waals surface area (Å²) in [5, 5.41) is 2.64. The van der Waals surface area contributed by atoms with Gasteiger partial charge in [0.05, 0.1) is 11.3 Å². The predicted octanol–water partition coefficient (Wildman–Crippen LogP) is 5.41. The molecular weight excluding hydrogens is 338 g/mol.